The molecule has 0 saturated carbocycles. The molecule has 9 nitrogen and oxygen atoms in total. The van der Waals surface area contributed by atoms with Crippen molar-refractivity contribution >= 4 is 29.4 Å². The number of ketones is 2. The van der Waals surface area contributed by atoms with E-state index >= 15 is 0 Å². The van der Waals surface area contributed by atoms with E-state index in [0.717, 1.165) is 0 Å². The zero-order valence-corrected chi connectivity index (χ0v) is 20.6. The van der Waals surface area contributed by atoms with E-state index in [0.29, 0.717) is 18.4 Å². The fraction of sp³-hybridized carbons (Fsp3) is 0.560. The fourth-order valence-electron chi connectivity index (χ4n) is 3.67. The van der Waals surface area contributed by atoms with E-state index in [-0.39, 0.29) is 61.5 Å². The number of hydrogen-bond donors (Lipinski definition) is 4. The summed E-state index contributed by atoms with van der Waals surface area (Å²) in [4.78, 5) is 60.7. The Kier molecular flexibility index (Phi) is 11.9. The minimum atomic E-state index is -0.807. The van der Waals surface area contributed by atoms with Gasteiger partial charge in [-0.15, -0.1) is 0 Å². The average molecular weight is 494 g/mol. The number of nitrogens with one attached hydrogen (secondary N) is 2. The van der Waals surface area contributed by atoms with Crippen LogP contribution in [0, 0.1) is 23.6 Å². The molecule has 0 aliphatic rings. The smallest absolute Gasteiger partial charge is 0.312 e. The fourth-order valence-corrected chi connectivity index (χ4v) is 3.67. The van der Waals surface area contributed by atoms with E-state index in [1.807, 2.05) is 6.92 Å². The second kappa shape index (κ2) is 14.9. The molecule has 0 spiro atoms. The molecule has 4 amide bonds. The molecule has 194 valence electrons. The lowest BCUT2D eigenvalue weighted by atomic mass is 9.89. The third-order valence-corrected chi connectivity index (χ3v) is 5.74. The highest BCUT2D eigenvalue weighted by molar-refractivity contribution is 5.96. The zero-order valence-electron chi connectivity index (χ0n) is 21.6. The summed E-state index contributed by atoms with van der Waals surface area (Å²) in [6.07, 6.45) is 1.24. The number of primary amides is 2. The van der Waals surface area contributed by atoms with Gasteiger partial charge in [-0.05, 0) is 55.4 Å². The van der Waals surface area contributed by atoms with E-state index in [9.17, 15) is 28.4 Å². The molecular formula is C25H37FN4O5. The standard InChI is InChI=1S/C25H37FN4O5/c1-15(2)23(21(32)14-18(24(27)34)5-4-12-29-25(28)35)30-22(33)11-6-16(3)13-20(31)17-7-9-19(26)10-8-17/h7-10,15-16,18,23H,4-6,11-14H2,1-3H3,(H2,27,34)(H,30,33)(H3,28,29,35)/t16?,18-,23+/m1/s1/i/hD. The Morgan fingerprint density at radius 3 is 2.26 bits per heavy atom. The molecule has 0 radical (unpaired) electrons. The highest BCUT2D eigenvalue weighted by Gasteiger charge is 2.28. The number of urea groups is 1. The van der Waals surface area contributed by atoms with Crippen LogP contribution in [-0.2, 0) is 14.4 Å². The van der Waals surface area contributed by atoms with Gasteiger partial charge in [0, 0.05) is 37.3 Å². The van der Waals surface area contributed by atoms with E-state index in [2.05, 4.69) is 10.6 Å². The van der Waals surface area contributed by atoms with Crippen LogP contribution in [-0.4, -0.2) is 42.0 Å². The maximum atomic E-state index is 13.0. The number of carbonyl (C=O) groups excluding carboxylic acids is 5. The first-order valence-electron chi connectivity index (χ1n) is 12.3. The number of Topliss-reactive ketones (excluding diaryl/α,β-unsaturated/α-hetero) is 2. The highest BCUT2D eigenvalue weighted by atomic mass is 19.1. The van der Waals surface area contributed by atoms with Crippen molar-refractivity contribution in [3.63, 3.8) is 0 Å². The molecule has 6 N–H and O–H groups in total. The van der Waals surface area contributed by atoms with Gasteiger partial charge in [-0.3, -0.25) is 19.2 Å². The summed E-state index contributed by atoms with van der Waals surface area (Å²) in [6, 6.07) is 3.81. The summed E-state index contributed by atoms with van der Waals surface area (Å²) in [5.41, 5.74) is 7.23. The van der Waals surface area contributed by atoms with Crippen LogP contribution in [0.1, 0.15) is 69.7 Å². The van der Waals surface area contributed by atoms with Crippen LogP contribution in [0.2, 0.25) is 1.41 Å². The molecule has 1 unspecified atom stereocenters. The minimum Gasteiger partial charge on any atom is -0.369 e. The second-order valence-corrected chi connectivity index (χ2v) is 9.23. The predicted octanol–water partition coefficient (Wildman–Crippen LogP) is 2.46. The Hall–Kier alpha value is -3.30. The third-order valence-electron chi connectivity index (χ3n) is 5.74. The van der Waals surface area contributed by atoms with Gasteiger partial charge in [0.2, 0.25) is 11.8 Å². The lowest BCUT2D eigenvalue weighted by Crippen LogP contribution is -2.45. The van der Waals surface area contributed by atoms with Gasteiger partial charge in [0.1, 0.15) is 5.82 Å². The van der Waals surface area contributed by atoms with Gasteiger partial charge in [-0.25, -0.2) is 9.18 Å². The van der Waals surface area contributed by atoms with Crippen molar-refractivity contribution in [1.82, 2.24) is 10.6 Å². The first-order valence-corrected chi connectivity index (χ1v) is 11.8. The first-order chi connectivity index (χ1) is 16.9. The van der Waals surface area contributed by atoms with E-state index in [1.165, 1.54) is 24.3 Å². The molecule has 0 bridgehead atoms. The Morgan fingerprint density at radius 2 is 1.69 bits per heavy atom. The Labute approximate surface area is 207 Å². The number of nitrogens with two attached hydrogens (primary N) is 2. The highest BCUT2D eigenvalue weighted by Crippen LogP contribution is 2.18. The summed E-state index contributed by atoms with van der Waals surface area (Å²) in [5.74, 6) is -2.93. The van der Waals surface area contributed by atoms with Crippen LogP contribution in [0.15, 0.2) is 24.3 Å². The molecule has 3 atom stereocenters. The summed E-state index contributed by atoms with van der Waals surface area (Å²) >= 11 is 0. The van der Waals surface area contributed by atoms with Crippen LogP contribution < -0.4 is 22.1 Å². The van der Waals surface area contributed by atoms with Crippen molar-refractivity contribution in [2.75, 3.05) is 6.54 Å². The first kappa shape index (κ1) is 27.9. The molecule has 0 aliphatic heterocycles. The summed E-state index contributed by atoms with van der Waals surface area (Å²) in [5, 5.41) is 5.15. The van der Waals surface area contributed by atoms with Crippen LogP contribution in [0.5, 0.6) is 0 Å². The average Bonchev–Trinajstić information content (AvgIpc) is 2.82. The van der Waals surface area contributed by atoms with Crippen molar-refractivity contribution in [2.24, 2.45) is 29.2 Å². The molecule has 10 heteroatoms. The van der Waals surface area contributed by atoms with Crippen molar-refractivity contribution in [1.29, 1.82) is 0 Å². The molecule has 0 heterocycles. The Bertz CT molecular complexity index is 910. The summed E-state index contributed by atoms with van der Waals surface area (Å²) < 4.78 is 20.2. The largest absolute Gasteiger partial charge is 0.369 e. The van der Waals surface area contributed by atoms with E-state index in [1.54, 1.807) is 19.6 Å². The Balaban J connectivity index is 2.61. The molecule has 0 fully saturated rings. The summed E-state index contributed by atoms with van der Waals surface area (Å²) in [7, 11) is 0. The van der Waals surface area contributed by atoms with Gasteiger partial charge in [-0.2, -0.15) is 0 Å². The topological polar surface area (TPSA) is 161 Å². The number of halogens is 1. The normalized spacial score (nSPS) is 13.8. The van der Waals surface area contributed by atoms with Gasteiger partial charge in [0.25, 0.3) is 0 Å². The number of hydrogen-bond acceptors (Lipinski definition) is 5. The van der Waals surface area contributed by atoms with Gasteiger partial charge in [0.15, 0.2) is 13.0 Å². The lowest BCUT2D eigenvalue weighted by molar-refractivity contribution is -0.131. The predicted molar refractivity (Wildman–Crippen MR) is 130 cm³/mol. The molecule has 0 aliphatic carbocycles. The molecule has 1 aromatic carbocycles. The maximum absolute atomic E-state index is 13.0. The van der Waals surface area contributed by atoms with Crippen LogP contribution >= 0.6 is 0 Å². The number of amides is 4. The van der Waals surface area contributed by atoms with Gasteiger partial charge >= 0.3 is 6.03 Å². The van der Waals surface area contributed by atoms with Crippen LogP contribution in [0.25, 0.3) is 0 Å². The van der Waals surface area contributed by atoms with Crippen LogP contribution in [0.4, 0.5) is 9.18 Å². The minimum absolute atomic E-state index is 0.0966. The molecule has 0 aromatic heterocycles. The molecule has 1 rings (SSSR count). The molecule has 35 heavy (non-hydrogen) atoms. The molecular weight excluding hydrogens is 455 g/mol. The SMILES string of the molecule is [2H]NC(=O)[C@H](CCCNC(N)=O)CC(=O)[C@@H](NC(=O)CCC(C)CC(=O)c1ccc(F)cc1)C(C)C. The third kappa shape index (κ3) is 11.6. The maximum Gasteiger partial charge on any atom is 0.312 e. The van der Waals surface area contributed by atoms with Crippen molar-refractivity contribution in [2.45, 2.75) is 65.3 Å². The van der Waals surface area contributed by atoms with Crippen molar-refractivity contribution in [3.05, 3.63) is 35.6 Å². The van der Waals surface area contributed by atoms with Gasteiger partial charge < -0.3 is 22.1 Å². The Morgan fingerprint density at radius 1 is 1.03 bits per heavy atom. The lowest BCUT2D eigenvalue weighted by Gasteiger charge is -2.23. The second-order valence-electron chi connectivity index (χ2n) is 9.23. The number of benzene rings is 1. The van der Waals surface area contributed by atoms with Gasteiger partial charge in [0.05, 0.1) is 6.04 Å². The van der Waals surface area contributed by atoms with E-state index < -0.39 is 29.7 Å². The van der Waals surface area contributed by atoms with Crippen molar-refractivity contribution < 1.29 is 29.8 Å². The zero-order chi connectivity index (χ0) is 27.3. The summed E-state index contributed by atoms with van der Waals surface area (Å²) in [6.45, 7) is 5.64. The monoisotopic (exact) mass is 493 g/mol. The van der Waals surface area contributed by atoms with E-state index in [4.69, 9.17) is 7.15 Å². The molecule has 1 aromatic rings. The quantitative estimate of drug-likeness (QED) is 0.205. The van der Waals surface area contributed by atoms with Gasteiger partial charge in [-0.1, -0.05) is 20.8 Å². The van der Waals surface area contributed by atoms with Crippen molar-refractivity contribution in [3.8, 4) is 0 Å². The number of carbonyl (C=O) groups is 5. The number of rotatable bonds is 16. The van der Waals surface area contributed by atoms with Crippen LogP contribution in [0.3, 0.4) is 0 Å². The molecule has 0 saturated heterocycles.